The van der Waals surface area contributed by atoms with Gasteiger partial charge in [0, 0.05) is 13.1 Å². The van der Waals surface area contributed by atoms with E-state index in [-0.39, 0.29) is 6.04 Å². The first-order chi connectivity index (χ1) is 10.8. The van der Waals surface area contributed by atoms with E-state index < -0.39 is 0 Å². The highest BCUT2D eigenvalue weighted by Gasteiger charge is 2.26. The summed E-state index contributed by atoms with van der Waals surface area (Å²) in [5.74, 6) is 0.600. The van der Waals surface area contributed by atoms with E-state index in [0.29, 0.717) is 5.92 Å². The van der Waals surface area contributed by atoms with Crippen LogP contribution in [0.5, 0.6) is 0 Å². The lowest BCUT2D eigenvalue weighted by Gasteiger charge is -2.36. The van der Waals surface area contributed by atoms with Crippen molar-refractivity contribution in [3.63, 3.8) is 0 Å². The Morgan fingerprint density at radius 3 is 2.59 bits per heavy atom. The molecule has 2 nitrogen and oxygen atoms in total. The predicted molar refractivity (Wildman–Crippen MR) is 93.3 cm³/mol. The summed E-state index contributed by atoms with van der Waals surface area (Å²) in [4.78, 5) is 7.03. The van der Waals surface area contributed by atoms with Crippen LogP contribution >= 0.6 is 0 Å². The van der Waals surface area contributed by atoms with Gasteiger partial charge in [0.05, 0.1) is 12.4 Å². The average molecular weight is 292 g/mol. The number of benzene rings is 2. The minimum absolute atomic E-state index is 0.280. The second-order valence-electron chi connectivity index (χ2n) is 6.37. The maximum Gasteiger partial charge on any atom is 0.0857 e. The molecule has 0 radical (unpaired) electrons. The van der Waals surface area contributed by atoms with Gasteiger partial charge in [-0.25, -0.2) is 0 Å². The van der Waals surface area contributed by atoms with E-state index in [2.05, 4.69) is 84.7 Å². The maximum atomic E-state index is 4.64. The molecule has 0 spiro atoms. The Hall–Kier alpha value is -2.09. The third kappa shape index (κ3) is 3.22. The fourth-order valence-electron chi connectivity index (χ4n) is 3.08. The maximum absolute atomic E-state index is 4.64. The second kappa shape index (κ2) is 6.78. The molecule has 0 bridgehead atoms. The third-order valence-corrected chi connectivity index (χ3v) is 4.14. The number of aliphatic imine (C=N–C) groups is 1. The second-order valence-corrected chi connectivity index (χ2v) is 6.37. The fraction of sp³-hybridized carbons (Fsp3) is 0.350. The average Bonchev–Trinajstić information content (AvgIpc) is 2.55. The predicted octanol–water partition coefficient (Wildman–Crippen LogP) is 4.32. The third-order valence-electron chi connectivity index (χ3n) is 4.14. The van der Waals surface area contributed by atoms with Crippen LogP contribution in [0.25, 0.3) is 0 Å². The Kier molecular flexibility index (Phi) is 4.57. The lowest BCUT2D eigenvalue weighted by Crippen LogP contribution is -2.35. The zero-order valence-corrected chi connectivity index (χ0v) is 13.4. The normalized spacial score (nSPS) is 18.0. The molecule has 1 unspecified atom stereocenters. The fourth-order valence-corrected chi connectivity index (χ4v) is 3.08. The van der Waals surface area contributed by atoms with Crippen LogP contribution in [0, 0.1) is 5.92 Å². The lowest BCUT2D eigenvalue weighted by atomic mass is 9.88. The summed E-state index contributed by atoms with van der Waals surface area (Å²) in [6.45, 7) is 6.33. The number of rotatable bonds is 4. The van der Waals surface area contributed by atoms with Crippen molar-refractivity contribution < 1.29 is 0 Å². The summed E-state index contributed by atoms with van der Waals surface area (Å²) in [7, 11) is 0. The number of fused-ring (bicyclic) bond motifs is 1. The summed E-state index contributed by atoms with van der Waals surface area (Å²) in [5.41, 5.74) is 4.21. The summed E-state index contributed by atoms with van der Waals surface area (Å²) in [6.07, 6.45) is 3.15. The van der Waals surface area contributed by atoms with Gasteiger partial charge in [0.15, 0.2) is 0 Å². The minimum Gasteiger partial charge on any atom is -0.351 e. The largest absolute Gasteiger partial charge is 0.351 e. The molecule has 0 amide bonds. The molecule has 0 aliphatic carbocycles. The first kappa shape index (κ1) is 14.8. The molecule has 1 aliphatic rings. The van der Waals surface area contributed by atoms with Crippen molar-refractivity contribution in [2.45, 2.75) is 26.3 Å². The summed E-state index contributed by atoms with van der Waals surface area (Å²) < 4.78 is 0. The summed E-state index contributed by atoms with van der Waals surface area (Å²) in [5, 5.41) is 0. The Morgan fingerprint density at radius 1 is 1.09 bits per heavy atom. The monoisotopic (exact) mass is 292 g/mol. The molecule has 1 atom stereocenters. The first-order valence-corrected chi connectivity index (χ1v) is 8.14. The molecule has 0 saturated heterocycles. The molecule has 2 aromatic rings. The zero-order valence-electron chi connectivity index (χ0n) is 13.4. The Balaban J connectivity index is 1.95. The van der Waals surface area contributed by atoms with Crippen LogP contribution in [-0.2, 0) is 6.42 Å². The molecular weight excluding hydrogens is 268 g/mol. The highest BCUT2D eigenvalue weighted by atomic mass is 15.2. The van der Waals surface area contributed by atoms with Gasteiger partial charge in [-0.15, -0.1) is 0 Å². The molecule has 0 fully saturated rings. The highest BCUT2D eigenvalue weighted by Crippen LogP contribution is 2.34. The molecule has 1 heterocycles. The molecule has 114 valence electrons. The SMILES string of the molecule is CC(C)CN=CN1CCc2ccccc2C1c1ccccc1. The van der Waals surface area contributed by atoms with Crippen molar-refractivity contribution in [3.8, 4) is 0 Å². The molecule has 1 aliphatic heterocycles. The van der Waals surface area contributed by atoms with Crippen molar-refractivity contribution >= 4 is 6.34 Å². The number of hydrogen-bond acceptors (Lipinski definition) is 1. The molecule has 0 saturated carbocycles. The van der Waals surface area contributed by atoms with Crippen molar-refractivity contribution in [2.75, 3.05) is 13.1 Å². The quantitative estimate of drug-likeness (QED) is 0.605. The standard InChI is InChI=1S/C20H24N2/c1-16(2)14-21-15-22-13-12-17-8-6-7-11-19(17)20(22)18-9-4-3-5-10-18/h3-11,15-16,20H,12-14H2,1-2H3. The summed E-state index contributed by atoms with van der Waals surface area (Å²) >= 11 is 0. The first-order valence-electron chi connectivity index (χ1n) is 8.14. The van der Waals surface area contributed by atoms with E-state index in [9.17, 15) is 0 Å². The van der Waals surface area contributed by atoms with Crippen molar-refractivity contribution in [2.24, 2.45) is 10.9 Å². The molecule has 22 heavy (non-hydrogen) atoms. The van der Waals surface area contributed by atoms with Crippen LogP contribution in [0.2, 0.25) is 0 Å². The van der Waals surface area contributed by atoms with Gasteiger partial charge in [-0.1, -0.05) is 68.4 Å². The van der Waals surface area contributed by atoms with E-state index in [4.69, 9.17) is 0 Å². The van der Waals surface area contributed by atoms with Crippen molar-refractivity contribution in [3.05, 3.63) is 71.3 Å². The van der Waals surface area contributed by atoms with Gasteiger partial charge in [-0.05, 0) is 29.0 Å². The van der Waals surface area contributed by atoms with Crippen molar-refractivity contribution in [1.29, 1.82) is 0 Å². The van der Waals surface area contributed by atoms with Crippen LogP contribution in [-0.4, -0.2) is 24.3 Å². The molecule has 2 heteroatoms. The molecule has 3 rings (SSSR count). The Labute approximate surface area is 133 Å². The smallest absolute Gasteiger partial charge is 0.0857 e. The lowest BCUT2D eigenvalue weighted by molar-refractivity contribution is 0.347. The van der Waals surface area contributed by atoms with Crippen molar-refractivity contribution in [1.82, 2.24) is 4.90 Å². The van der Waals surface area contributed by atoms with E-state index in [1.54, 1.807) is 0 Å². The van der Waals surface area contributed by atoms with Crippen LogP contribution < -0.4 is 0 Å². The van der Waals surface area contributed by atoms with Gasteiger partial charge in [-0.2, -0.15) is 0 Å². The number of nitrogens with zero attached hydrogens (tertiary/aromatic N) is 2. The minimum atomic E-state index is 0.280. The van der Waals surface area contributed by atoms with Gasteiger partial charge in [0.2, 0.25) is 0 Å². The van der Waals surface area contributed by atoms with Gasteiger partial charge in [0.25, 0.3) is 0 Å². The molecule has 0 N–H and O–H groups in total. The van der Waals surface area contributed by atoms with Crippen LogP contribution in [0.15, 0.2) is 59.6 Å². The van der Waals surface area contributed by atoms with E-state index in [0.717, 1.165) is 19.5 Å². The zero-order chi connectivity index (χ0) is 15.4. The number of hydrogen-bond donors (Lipinski definition) is 0. The van der Waals surface area contributed by atoms with E-state index in [1.165, 1.54) is 16.7 Å². The Morgan fingerprint density at radius 2 is 1.82 bits per heavy atom. The molecule has 2 aromatic carbocycles. The van der Waals surface area contributed by atoms with Crippen LogP contribution in [0.4, 0.5) is 0 Å². The highest BCUT2D eigenvalue weighted by molar-refractivity contribution is 5.59. The topological polar surface area (TPSA) is 15.6 Å². The van der Waals surface area contributed by atoms with Gasteiger partial charge < -0.3 is 4.90 Å². The van der Waals surface area contributed by atoms with E-state index >= 15 is 0 Å². The summed E-state index contributed by atoms with van der Waals surface area (Å²) in [6, 6.07) is 19.8. The van der Waals surface area contributed by atoms with E-state index in [1.807, 2.05) is 0 Å². The molecular formula is C20H24N2. The van der Waals surface area contributed by atoms with Gasteiger partial charge >= 0.3 is 0 Å². The van der Waals surface area contributed by atoms with Gasteiger partial charge in [-0.3, -0.25) is 4.99 Å². The van der Waals surface area contributed by atoms with Gasteiger partial charge in [0.1, 0.15) is 0 Å². The molecule has 0 aromatic heterocycles. The van der Waals surface area contributed by atoms with Crippen LogP contribution in [0.3, 0.4) is 0 Å². The Bertz CT molecular complexity index is 631. The van der Waals surface area contributed by atoms with Crippen LogP contribution in [0.1, 0.15) is 36.6 Å².